The van der Waals surface area contributed by atoms with E-state index < -0.39 is 0 Å². The third-order valence-corrected chi connectivity index (χ3v) is 3.82. The minimum Gasteiger partial charge on any atom is -0.469 e. The van der Waals surface area contributed by atoms with Gasteiger partial charge in [-0.15, -0.1) is 0 Å². The molecule has 0 bridgehead atoms. The Kier molecular flexibility index (Phi) is 8.78. The van der Waals surface area contributed by atoms with Crippen LogP contribution in [0, 0.1) is 0 Å². The highest BCUT2D eigenvalue weighted by Crippen LogP contribution is 2.17. The van der Waals surface area contributed by atoms with E-state index in [9.17, 15) is 14.4 Å². The Morgan fingerprint density at radius 1 is 1.26 bits per heavy atom. The van der Waals surface area contributed by atoms with Gasteiger partial charge in [0.25, 0.3) is 0 Å². The Bertz CT molecular complexity index is 551. The van der Waals surface area contributed by atoms with E-state index >= 15 is 0 Å². The predicted molar refractivity (Wildman–Crippen MR) is 89.9 cm³/mol. The van der Waals surface area contributed by atoms with Gasteiger partial charge in [0.1, 0.15) is 0 Å². The van der Waals surface area contributed by atoms with Crippen LogP contribution in [-0.2, 0) is 24.9 Å². The summed E-state index contributed by atoms with van der Waals surface area (Å²) in [5.41, 5.74) is 6.83. The molecular formula is C15H21N3O4S. The molecule has 0 spiro atoms. The molecule has 8 heteroatoms. The number of nitrogens with two attached hydrogens (primary N) is 1. The number of ether oxygens (including phenoxy) is 1. The Morgan fingerprint density at radius 3 is 2.74 bits per heavy atom. The molecule has 0 atom stereocenters. The molecule has 2 amide bonds. The van der Waals surface area contributed by atoms with Crippen molar-refractivity contribution in [2.45, 2.75) is 12.2 Å². The number of hydrogen-bond donors (Lipinski definition) is 3. The average Bonchev–Trinajstić information content (AvgIpc) is 2.56. The second-order valence-corrected chi connectivity index (χ2v) is 5.71. The van der Waals surface area contributed by atoms with Gasteiger partial charge in [-0.05, 0) is 17.7 Å². The summed E-state index contributed by atoms with van der Waals surface area (Å²) < 4.78 is 4.58. The normalized spacial score (nSPS) is 10.0. The lowest BCUT2D eigenvalue weighted by molar-refractivity contribution is -0.140. The highest BCUT2D eigenvalue weighted by Gasteiger charge is 2.05. The molecule has 23 heavy (non-hydrogen) atoms. The summed E-state index contributed by atoms with van der Waals surface area (Å²) in [6.07, 6.45) is 0.373. The molecule has 1 aromatic carbocycles. The molecule has 1 rings (SSSR count). The molecule has 126 valence electrons. The zero-order chi connectivity index (χ0) is 17.1. The fourth-order valence-corrected chi connectivity index (χ4v) is 2.51. The maximum absolute atomic E-state index is 11.7. The standard InChI is InChI=1S/C15H21N3O4S/c1-22-15(21)5-6-23-10-11-3-2-4-12(7-11)18-14(20)9-17-13(19)8-16/h2-4,7H,5-6,8-10,16H2,1H3,(H,17,19)(H,18,20). The highest BCUT2D eigenvalue weighted by atomic mass is 32.2. The largest absolute Gasteiger partial charge is 0.469 e. The van der Waals surface area contributed by atoms with E-state index in [0.717, 1.165) is 11.3 Å². The third-order valence-electron chi connectivity index (χ3n) is 2.79. The molecule has 0 heterocycles. The van der Waals surface area contributed by atoms with Gasteiger partial charge in [-0.25, -0.2) is 0 Å². The smallest absolute Gasteiger partial charge is 0.306 e. The van der Waals surface area contributed by atoms with E-state index in [4.69, 9.17) is 5.73 Å². The van der Waals surface area contributed by atoms with E-state index in [1.165, 1.54) is 7.11 Å². The van der Waals surface area contributed by atoms with Crippen LogP contribution in [0.3, 0.4) is 0 Å². The number of carbonyl (C=O) groups excluding carboxylic acids is 3. The minimum absolute atomic E-state index is 0.117. The van der Waals surface area contributed by atoms with Crippen LogP contribution < -0.4 is 16.4 Å². The Labute approximate surface area is 139 Å². The number of nitrogens with one attached hydrogen (secondary N) is 2. The second kappa shape index (κ2) is 10.6. The first-order valence-electron chi connectivity index (χ1n) is 7.05. The summed E-state index contributed by atoms with van der Waals surface area (Å²) in [6, 6.07) is 7.40. The van der Waals surface area contributed by atoms with Crippen LogP contribution in [0.4, 0.5) is 5.69 Å². The minimum atomic E-state index is -0.379. The fraction of sp³-hybridized carbons (Fsp3) is 0.400. The van der Waals surface area contributed by atoms with Crippen LogP contribution in [-0.4, -0.2) is 43.7 Å². The van der Waals surface area contributed by atoms with E-state index in [-0.39, 0.29) is 30.9 Å². The van der Waals surface area contributed by atoms with Crippen LogP contribution in [0.2, 0.25) is 0 Å². The van der Waals surface area contributed by atoms with Gasteiger partial charge in [-0.1, -0.05) is 12.1 Å². The molecule has 0 aromatic heterocycles. The fourth-order valence-electron chi connectivity index (χ4n) is 1.64. The zero-order valence-electron chi connectivity index (χ0n) is 13.0. The molecule has 0 fully saturated rings. The predicted octanol–water partition coefficient (Wildman–Crippen LogP) is 0.496. The summed E-state index contributed by atoms with van der Waals surface area (Å²) in [5.74, 6) is 0.482. The van der Waals surface area contributed by atoms with Crippen molar-refractivity contribution in [3.05, 3.63) is 29.8 Å². The highest BCUT2D eigenvalue weighted by molar-refractivity contribution is 7.98. The maximum atomic E-state index is 11.7. The van der Waals surface area contributed by atoms with Crippen LogP contribution in [0.5, 0.6) is 0 Å². The van der Waals surface area contributed by atoms with Gasteiger partial charge in [0.2, 0.25) is 11.8 Å². The summed E-state index contributed by atoms with van der Waals surface area (Å²) >= 11 is 1.61. The molecular weight excluding hydrogens is 318 g/mol. The number of anilines is 1. The van der Waals surface area contributed by atoms with Crippen molar-refractivity contribution in [3.8, 4) is 0 Å². The van der Waals surface area contributed by atoms with Crippen molar-refractivity contribution in [2.75, 3.05) is 31.3 Å². The molecule has 0 aliphatic heterocycles. The molecule has 0 aliphatic rings. The Morgan fingerprint density at radius 2 is 2.04 bits per heavy atom. The quantitative estimate of drug-likeness (QED) is 0.446. The molecule has 0 radical (unpaired) electrons. The molecule has 0 saturated carbocycles. The number of rotatable bonds is 9. The maximum Gasteiger partial charge on any atom is 0.306 e. The van der Waals surface area contributed by atoms with Crippen molar-refractivity contribution in [3.63, 3.8) is 0 Å². The molecule has 0 unspecified atom stereocenters. The summed E-state index contributed by atoms with van der Waals surface area (Å²) in [6.45, 7) is -0.264. The van der Waals surface area contributed by atoms with E-state index in [1.807, 2.05) is 18.2 Å². The monoisotopic (exact) mass is 339 g/mol. The van der Waals surface area contributed by atoms with Gasteiger partial charge in [0, 0.05) is 17.2 Å². The third kappa shape index (κ3) is 8.22. The summed E-state index contributed by atoms with van der Waals surface area (Å²) in [4.78, 5) is 33.7. The Hall–Kier alpha value is -2.06. The topological polar surface area (TPSA) is 111 Å². The van der Waals surface area contributed by atoms with Gasteiger partial charge in [0.15, 0.2) is 0 Å². The van der Waals surface area contributed by atoms with Crippen LogP contribution >= 0.6 is 11.8 Å². The first-order chi connectivity index (χ1) is 11.0. The van der Waals surface area contributed by atoms with Crippen molar-refractivity contribution >= 4 is 35.2 Å². The summed E-state index contributed by atoms with van der Waals surface area (Å²) in [5, 5.41) is 5.10. The van der Waals surface area contributed by atoms with Gasteiger partial charge in [-0.2, -0.15) is 11.8 Å². The number of hydrogen-bond acceptors (Lipinski definition) is 6. The lowest BCUT2D eigenvalue weighted by Gasteiger charge is -2.08. The number of carbonyl (C=O) groups is 3. The number of thioether (sulfide) groups is 1. The van der Waals surface area contributed by atoms with Crippen molar-refractivity contribution in [2.24, 2.45) is 5.73 Å². The SMILES string of the molecule is COC(=O)CCSCc1cccc(NC(=O)CNC(=O)CN)c1. The van der Waals surface area contributed by atoms with Gasteiger partial charge < -0.3 is 21.1 Å². The zero-order valence-corrected chi connectivity index (χ0v) is 13.8. The molecule has 0 aliphatic carbocycles. The molecule has 0 saturated heterocycles. The summed E-state index contributed by atoms with van der Waals surface area (Å²) in [7, 11) is 1.37. The first-order valence-corrected chi connectivity index (χ1v) is 8.20. The first kappa shape index (κ1) is 19.0. The van der Waals surface area contributed by atoms with Crippen molar-refractivity contribution in [1.82, 2.24) is 5.32 Å². The van der Waals surface area contributed by atoms with E-state index in [0.29, 0.717) is 17.9 Å². The molecule has 7 nitrogen and oxygen atoms in total. The van der Waals surface area contributed by atoms with Crippen molar-refractivity contribution in [1.29, 1.82) is 0 Å². The van der Waals surface area contributed by atoms with Crippen LogP contribution in [0.1, 0.15) is 12.0 Å². The second-order valence-electron chi connectivity index (χ2n) is 4.61. The number of esters is 1. The van der Waals surface area contributed by atoms with E-state index in [1.54, 1.807) is 17.8 Å². The van der Waals surface area contributed by atoms with Crippen LogP contribution in [0.25, 0.3) is 0 Å². The van der Waals surface area contributed by atoms with Gasteiger partial charge >= 0.3 is 5.97 Å². The lowest BCUT2D eigenvalue weighted by atomic mass is 10.2. The Balaban J connectivity index is 2.39. The lowest BCUT2D eigenvalue weighted by Crippen LogP contribution is -2.36. The number of methoxy groups -OCH3 is 1. The molecule has 4 N–H and O–H groups in total. The van der Waals surface area contributed by atoms with Crippen LogP contribution in [0.15, 0.2) is 24.3 Å². The number of amides is 2. The van der Waals surface area contributed by atoms with Crippen molar-refractivity contribution < 1.29 is 19.1 Å². The average molecular weight is 339 g/mol. The van der Waals surface area contributed by atoms with Gasteiger partial charge in [0.05, 0.1) is 26.6 Å². The van der Waals surface area contributed by atoms with Gasteiger partial charge in [-0.3, -0.25) is 14.4 Å². The van der Waals surface area contributed by atoms with E-state index in [2.05, 4.69) is 15.4 Å². The number of benzene rings is 1. The molecule has 1 aromatic rings.